The van der Waals surface area contributed by atoms with Crippen molar-refractivity contribution in [2.45, 2.75) is 11.6 Å². The van der Waals surface area contributed by atoms with Crippen LogP contribution in [0.2, 0.25) is 0 Å². The topological polar surface area (TPSA) is 51.0 Å². The van der Waals surface area contributed by atoms with Gasteiger partial charge >= 0.3 is 0 Å². The van der Waals surface area contributed by atoms with Crippen LogP contribution in [0.5, 0.6) is 0 Å². The number of anilines is 1. The third-order valence-corrected chi connectivity index (χ3v) is 3.72. The molecule has 2 heterocycles. The fourth-order valence-electron chi connectivity index (χ4n) is 1.73. The highest BCUT2D eigenvalue weighted by atomic mass is 35.5. The van der Waals surface area contributed by atoms with Gasteiger partial charge in [0.25, 0.3) is 5.95 Å². The minimum absolute atomic E-state index is 0.0592. The zero-order valence-corrected chi connectivity index (χ0v) is 10.8. The normalized spacial score (nSPS) is 20.8. The summed E-state index contributed by atoms with van der Waals surface area (Å²) in [5.74, 6) is 1.27. The number of rotatable bonds is 3. The number of carbonyl (C=O) groups is 1. The van der Waals surface area contributed by atoms with Crippen LogP contribution in [0.4, 0.5) is 5.95 Å². The summed E-state index contributed by atoms with van der Waals surface area (Å²) >= 11 is 7.27. The molecule has 1 unspecified atom stereocenters. The molecule has 0 bridgehead atoms. The Hall–Kier alpha value is -0.750. The van der Waals surface area contributed by atoms with Crippen LogP contribution in [0.25, 0.3) is 0 Å². The van der Waals surface area contributed by atoms with E-state index in [1.807, 2.05) is 13.3 Å². The molecule has 7 heteroatoms. The van der Waals surface area contributed by atoms with E-state index in [0.717, 1.165) is 5.16 Å². The van der Waals surface area contributed by atoms with Crippen molar-refractivity contribution in [3.05, 3.63) is 0 Å². The Kier molecular flexibility index (Phi) is 3.39. The van der Waals surface area contributed by atoms with Crippen LogP contribution in [0.15, 0.2) is 5.16 Å². The van der Waals surface area contributed by atoms with E-state index in [1.165, 1.54) is 11.8 Å². The van der Waals surface area contributed by atoms with E-state index in [-0.39, 0.29) is 11.8 Å². The average molecular weight is 261 g/mol. The van der Waals surface area contributed by atoms with Crippen LogP contribution >= 0.6 is 23.4 Å². The molecular formula is C9H13ClN4OS. The highest BCUT2D eigenvalue weighted by Crippen LogP contribution is 2.24. The lowest BCUT2D eigenvalue weighted by Gasteiger charge is -2.10. The van der Waals surface area contributed by atoms with Gasteiger partial charge in [-0.05, 0) is 12.2 Å². The van der Waals surface area contributed by atoms with Crippen molar-refractivity contribution in [2.24, 2.45) is 13.0 Å². The first-order chi connectivity index (χ1) is 7.65. The number of hydrogen-bond donors (Lipinski definition) is 0. The lowest BCUT2D eigenvalue weighted by molar-refractivity contribution is -0.117. The quantitative estimate of drug-likeness (QED) is 0.604. The number of thioether (sulfide) groups is 1. The maximum Gasteiger partial charge on any atom is 0.252 e. The van der Waals surface area contributed by atoms with Gasteiger partial charge in [-0.25, -0.2) is 4.68 Å². The highest BCUT2D eigenvalue weighted by Gasteiger charge is 2.32. The van der Waals surface area contributed by atoms with E-state index < -0.39 is 0 Å². The van der Waals surface area contributed by atoms with Crippen molar-refractivity contribution >= 4 is 35.2 Å². The van der Waals surface area contributed by atoms with Gasteiger partial charge in [0.2, 0.25) is 5.91 Å². The lowest BCUT2D eigenvalue weighted by Crippen LogP contribution is -2.26. The standard InChI is InChI=1S/C9H13ClN4OS/c1-13-9(16-2)11-8(12-13)14-5-6(4-10)3-7(14)15/h6H,3-5H2,1-2H3. The fraction of sp³-hybridized carbons (Fsp3) is 0.667. The van der Waals surface area contributed by atoms with Crippen molar-refractivity contribution in [3.8, 4) is 0 Å². The summed E-state index contributed by atoms with van der Waals surface area (Å²) < 4.78 is 1.68. The molecular weight excluding hydrogens is 248 g/mol. The summed E-state index contributed by atoms with van der Waals surface area (Å²) in [7, 11) is 1.82. The van der Waals surface area contributed by atoms with Gasteiger partial charge in [-0.3, -0.25) is 9.69 Å². The molecule has 0 N–H and O–H groups in total. The molecule has 16 heavy (non-hydrogen) atoms. The first kappa shape index (κ1) is 11.7. The van der Waals surface area contributed by atoms with E-state index >= 15 is 0 Å². The highest BCUT2D eigenvalue weighted by molar-refractivity contribution is 7.98. The predicted molar refractivity (Wildman–Crippen MR) is 64.0 cm³/mol. The van der Waals surface area contributed by atoms with Crippen LogP contribution < -0.4 is 4.90 Å². The number of aromatic nitrogens is 3. The molecule has 1 fully saturated rings. The van der Waals surface area contributed by atoms with E-state index in [2.05, 4.69) is 10.1 Å². The number of amides is 1. The number of alkyl halides is 1. The van der Waals surface area contributed by atoms with Crippen molar-refractivity contribution < 1.29 is 4.79 Å². The Bertz CT molecular complexity index is 408. The molecule has 0 radical (unpaired) electrons. The maximum atomic E-state index is 11.7. The summed E-state index contributed by atoms with van der Waals surface area (Å²) in [4.78, 5) is 17.6. The molecule has 1 aliphatic heterocycles. The minimum Gasteiger partial charge on any atom is -0.279 e. The second-order valence-electron chi connectivity index (χ2n) is 3.75. The molecule has 1 amide bonds. The monoisotopic (exact) mass is 260 g/mol. The van der Waals surface area contributed by atoms with Gasteiger partial charge in [0.1, 0.15) is 0 Å². The van der Waals surface area contributed by atoms with Crippen LogP contribution in [0, 0.1) is 5.92 Å². The summed E-state index contributed by atoms with van der Waals surface area (Å²) in [6.45, 7) is 0.625. The fourth-order valence-corrected chi connectivity index (χ4v) is 2.41. The van der Waals surface area contributed by atoms with Crippen LogP contribution in [-0.2, 0) is 11.8 Å². The molecule has 1 aliphatic rings. The number of aryl methyl sites for hydroxylation is 1. The molecule has 0 aromatic carbocycles. The Morgan fingerprint density at radius 3 is 2.88 bits per heavy atom. The summed E-state index contributed by atoms with van der Waals surface area (Å²) in [5, 5.41) is 5.03. The Morgan fingerprint density at radius 2 is 2.38 bits per heavy atom. The summed E-state index contributed by atoms with van der Waals surface area (Å²) in [5.41, 5.74) is 0. The Labute approximate surface area is 103 Å². The number of nitrogens with zero attached hydrogens (tertiary/aromatic N) is 4. The Morgan fingerprint density at radius 1 is 1.62 bits per heavy atom. The van der Waals surface area contributed by atoms with Crippen LogP contribution in [-0.4, -0.2) is 39.4 Å². The van der Waals surface area contributed by atoms with E-state index in [0.29, 0.717) is 24.8 Å². The van der Waals surface area contributed by atoms with E-state index in [9.17, 15) is 4.79 Å². The summed E-state index contributed by atoms with van der Waals surface area (Å²) in [6.07, 6.45) is 2.43. The van der Waals surface area contributed by atoms with Crippen molar-refractivity contribution in [2.75, 3.05) is 23.6 Å². The molecule has 0 aliphatic carbocycles. The average Bonchev–Trinajstić information content (AvgIpc) is 2.81. The van der Waals surface area contributed by atoms with Gasteiger partial charge in [-0.15, -0.1) is 16.7 Å². The molecule has 1 atom stereocenters. The predicted octanol–water partition coefficient (Wildman–Crippen LogP) is 1.13. The van der Waals surface area contributed by atoms with Crippen LogP contribution in [0.1, 0.15) is 6.42 Å². The first-order valence-corrected chi connectivity index (χ1v) is 6.73. The van der Waals surface area contributed by atoms with Crippen LogP contribution in [0.3, 0.4) is 0 Å². The third-order valence-electron chi connectivity index (χ3n) is 2.56. The number of hydrogen-bond acceptors (Lipinski definition) is 4. The zero-order chi connectivity index (χ0) is 11.7. The van der Waals surface area contributed by atoms with Gasteiger partial charge < -0.3 is 0 Å². The third kappa shape index (κ3) is 2.04. The molecule has 1 saturated heterocycles. The maximum absolute atomic E-state index is 11.7. The minimum atomic E-state index is 0.0592. The second-order valence-corrected chi connectivity index (χ2v) is 4.83. The molecule has 5 nitrogen and oxygen atoms in total. The number of carbonyl (C=O) groups excluding carboxylic acids is 1. The van der Waals surface area contributed by atoms with Gasteiger partial charge in [-0.1, -0.05) is 11.8 Å². The van der Waals surface area contributed by atoms with Crippen molar-refractivity contribution in [1.82, 2.24) is 14.8 Å². The smallest absolute Gasteiger partial charge is 0.252 e. The lowest BCUT2D eigenvalue weighted by atomic mass is 10.2. The first-order valence-electron chi connectivity index (χ1n) is 4.97. The van der Waals surface area contributed by atoms with E-state index in [4.69, 9.17) is 11.6 Å². The van der Waals surface area contributed by atoms with Gasteiger partial charge in [0, 0.05) is 25.9 Å². The number of halogens is 1. The SMILES string of the molecule is CSc1nc(N2CC(CCl)CC2=O)nn1C. The Balaban J connectivity index is 2.21. The largest absolute Gasteiger partial charge is 0.279 e. The zero-order valence-electron chi connectivity index (χ0n) is 9.18. The second kappa shape index (κ2) is 4.63. The molecule has 2 rings (SSSR count). The van der Waals surface area contributed by atoms with Gasteiger partial charge in [0.15, 0.2) is 5.16 Å². The molecule has 1 aromatic heterocycles. The van der Waals surface area contributed by atoms with Gasteiger partial charge in [-0.2, -0.15) is 4.98 Å². The molecule has 88 valence electrons. The van der Waals surface area contributed by atoms with E-state index in [1.54, 1.807) is 9.58 Å². The van der Waals surface area contributed by atoms with Crippen molar-refractivity contribution in [1.29, 1.82) is 0 Å². The molecule has 0 spiro atoms. The van der Waals surface area contributed by atoms with Gasteiger partial charge in [0.05, 0.1) is 0 Å². The molecule has 0 saturated carbocycles. The molecule has 1 aromatic rings. The summed E-state index contributed by atoms with van der Waals surface area (Å²) in [6, 6.07) is 0. The van der Waals surface area contributed by atoms with Crippen molar-refractivity contribution in [3.63, 3.8) is 0 Å².